The summed E-state index contributed by atoms with van der Waals surface area (Å²) < 4.78 is 5.37. The average Bonchev–Trinajstić information content (AvgIpc) is 2.37. The number of hydrogen-bond acceptors (Lipinski definition) is 1. The van der Waals surface area contributed by atoms with E-state index >= 15 is 0 Å². The minimum absolute atomic E-state index is 0.849. The van der Waals surface area contributed by atoms with Crippen LogP contribution >= 0.6 is 0 Å². The minimum Gasteiger partial charge on any atom is -0.493 e. The van der Waals surface area contributed by atoms with Gasteiger partial charge in [-0.25, -0.2) is 0 Å². The molecule has 0 fully saturated rings. The Balaban J connectivity index is 2.54. The van der Waals surface area contributed by atoms with Crippen LogP contribution < -0.4 is 0 Å². The van der Waals surface area contributed by atoms with Gasteiger partial charge in [-0.3, -0.25) is 0 Å². The zero-order valence-electron chi connectivity index (χ0n) is 7.13. The normalized spacial score (nSPS) is 18.7. The largest absolute Gasteiger partial charge is 0.493 e. The van der Waals surface area contributed by atoms with Crippen LogP contribution in [0.2, 0.25) is 0 Å². The van der Waals surface area contributed by atoms with Crippen molar-refractivity contribution in [3.63, 3.8) is 0 Å². The lowest BCUT2D eigenvalue weighted by Crippen LogP contribution is -1.79. The first-order chi connectivity index (χ1) is 5.34. The highest BCUT2D eigenvalue weighted by Crippen LogP contribution is 2.18. The molecule has 0 radical (unpaired) electrons. The molecule has 1 rings (SSSR count). The zero-order valence-corrected chi connectivity index (χ0v) is 7.13. The summed E-state index contributed by atoms with van der Waals surface area (Å²) in [5.74, 6) is 1.04. The third-order valence-electron chi connectivity index (χ3n) is 1.71. The number of allylic oxidation sites excluding steroid dienone is 4. The van der Waals surface area contributed by atoms with Crippen molar-refractivity contribution in [3.8, 4) is 0 Å². The third-order valence-corrected chi connectivity index (χ3v) is 1.71. The summed E-state index contributed by atoms with van der Waals surface area (Å²) in [4.78, 5) is 0. The third kappa shape index (κ3) is 2.26. The first kappa shape index (κ1) is 8.12. The number of hydrogen-bond donors (Lipinski definition) is 0. The summed E-state index contributed by atoms with van der Waals surface area (Å²) >= 11 is 0. The van der Waals surface area contributed by atoms with Gasteiger partial charge in [-0.15, -0.1) is 0 Å². The van der Waals surface area contributed by atoms with Gasteiger partial charge in [0.1, 0.15) is 5.76 Å². The van der Waals surface area contributed by atoms with Crippen LogP contribution in [0.3, 0.4) is 0 Å². The Hall–Kier alpha value is -0.980. The summed E-state index contributed by atoms with van der Waals surface area (Å²) in [6.07, 6.45) is 9.10. The summed E-state index contributed by atoms with van der Waals surface area (Å²) in [7, 11) is 0. The highest BCUT2D eigenvalue weighted by atomic mass is 16.5. The van der Waals surface area contributed by atoms with Gasteiger partial charge in [0.15, 0.2) is 0 Å². The molecule has 60 valence electrons. The van der Waals surface area contributed by atoms with E-state index in [9.17, 15) is 0 Å². The summed E-state index contributed by atoms with van der Waals surface area (Å²) in [5.41, 5.74) is 1.35. The Bertz CT molecular complexity index is 209. The lowest BCUT2D eigenvalue weighted by atomic mass is 10.2. The van der Waals surface area contributed by atoms with E-state index in [0.29, 0.717) is 0 Å². The molecule has 0 saturated heterocycles. The molecule has 0 unspecified atom stereocenters. The maximum Gasteiger partial charge on any atom is 0.118 e. The molecule has 0 aliphatic carbocycles. The molecule has 0 aromatic rings. The Morgan fingerprint density at radius 2 is 2.18 bits per heavy atom. The topological polar surface area (TPSA) is 9.23 Å². The Morgan fingerprint density at radius 3 is 2.73 bits per heavy atom. The molecule has 1 nitrogen and oxygen atoms in total. The van der Waals surface area contributed by atoms with Crippen molar-refractivity contribution in [1.82, 2.24) is 0 Å². The predicted molar refractivity (Wildman–Crippen MR) is 47.2 cm³/mol. The SMILES string of the molecule is C/C=C\C=C/C1=C(C)CCO1. The van der Waals surface area contributed by atoms with Gasteiger partial charge >= 0.3 is 0 Å². The van der Waals surface area contributed by atoms with Crippen LogP contribution in [-0.2, 0) is 4.74 Å². The van der Waals surface area contributed by atoms with E-state index in [1.165, 1.54) is 5.57 Å². The zero-order chi connectivity index (χ0) is 8.10. The minimum atomic E-state index is 0.849. The van der Waals surface area contributed by atoms with Gasteiger partial charge in [0, 0.05) is 6.42 Å². The lowest BCUT2D eigenvalue weighted by molar-refractivity contribution is 0.257. The quantitative estimate of drug-likeness (QED) is 0.550. The standard InChI is InChI=1S/C10H14O/c1-3-4-5-6-10-9(2)7-8-11-10/h3-6H,7-8H2,1-2H3/b4-3-,6-5-. The lowest BCUT2D eigenvalue weighted by Gasteiger charge is -1.94. The summed E-state index contributed by atoms with van der Waals surface area (Å²) in [6, 6.07) is 0. The molecule has 0 aromatic heterocycles. The van der Waals surface area contributed by atoms with Crippen molar-refractivity contribution >= 4 is 0 Å². The van der Waals surface area contributed by atoms with Crippen molar-refractivity contribution in [2.45, 2.75) is 20.3 Å². The van der Waals surface area contributed by atoms with E-state index in [-0.39, 0.29) is 0 Å². The van der Waals surface area contributed by atoms with Gasteiger partial charge in [-0.05, 0) is 25.5 Å². The van der Waals surface area contributed by atoms with E-state index in [0.717, 1.165) is 18.8 Å². The Labute approximate surface area is 68.1 Å². The van der Waals surface area contributed by atoms with E-state index in [1.807, 2.05) is 31.2 Å². The van der Waals surface area contributed by atoms with Crippen LogP contribution in [0.15, 0.2) is 35.6 Å². The molecule has 0 N–H and O–H groups in total. The Kier molecular flexibility index (Phi) is 2.96. The molecule has 1 heterocycles. The van der Waals surface area contributed by atoms with E-state index in [4.69, 9.17) is 4.74 Å². The van der Waals surface area contributed by atoms with Crippen molar-refractivity contribution < 1.29 is 4.74 Å². The van der Waals surface area contributed by atoms with Crippen LogP contribution in [0.25, 0.3) is 0 Å². The van der Waals surface area contributed by atoms with Crippen molar-refractivity contribution in [2.24, 2.45) is 0 Å². The number of ether oxygens (including phenoxy) is 1. The average molecular weight is 150 g/mol. The van der Waals surface area contributed by atoms with Gasteiger partial charge < -0.3 is 4.74 Å². The second-order valence-corrected chi connectivity index (χ2v) is 2.63. The maximum absolute atomic E-state index is 5.37. The predicted octanol–water partition coefficient (Wildman–Crippen LogP) is 2.81. The van der Waals surface area contributed by atoms with Gasteiger partial charge in [-0.2, -0.15) is 0 Å². The molecule has 0 saturated carbocycles. The first-order valence-electron chi connectivity index (χ1n) is 3.96. The molecule has 11 heavy (non-hydrogen) atoms. The smallest absolute Gasteiger partial charge is 0.118 e. The molecule has 0 bridgehead atoms. The molecule has 0 amide bonds. The van der Waals surface area contributed by atoms with Crippen molar-refractivity contribution in [2.75, 3.05) is 6.61 Å². The highest BCUT2D eigenvalue weighted by molar-refractivity contribution is 5.24. The fourth-order valence-corrected chi connectivity index (χ4v) is 1.00. The van der Waals surface area contributed by atoms with Crippen LogP contribution in [-0.4, -0.2) is 6.61 Å². The molecule has 0 spiro atoms. The molecule has 0 atom stereocenters. The van der Waals surface area contributed by atoms with E-state index in [1.54, 1.807) is 0 Å². The van der Waals surface area contributed by atoms with Crippen LogP contribution in [0.1, 0.15) is 20.3 Å². The second-order valence-electron chi connectivity index (χ2n) is 2.63. The van der Waals surface area contributed by atoms with E-state index < -0.39 is 0 Å². The molecule has 1 aliphatic heterocycles. The van der Waals surface area contributed by atoms with Gasteiger partial charge in [0.25, 0.3) is 0 Å². The fourth-order valence-electron chi connectivity index (χ4n) is 1.00. The first-order valence-corrected chi connectivity index (χ1v) is 3.96. The summed E-state index contributed by atoms with van der Waals surface area (Å²) in [5, 5.41) is 0. The second kappa shape index (κ2) is 4.02. The maximum atomic E-state index is 5.37. The number of rotatable bonds is 2. The highest BCUT2D eigenvalue weighted by Gasteiger charge is 2.07. The Morgan fingerprint density at radius 1 is 1.36 bits per heavy atom. The van der Waals surface area contributed by atoms with Crippen molar-refractivity contribution in [1.29, 1.82) is 0 Å². The van der Waals surface area contributed by atoms with Gasteiger partial charge in [-0.1, -0.05) is 18.2 Å². The van der Waals surface area contributed by atoms with Gasteiger partial charge in [0.05, 0.1) is 6.61 Å². The van der Waals surface area contributed by atoms with Gasteiger partial charge in [0.2, 0.25) is 0 Å². The van der Waals surface area contributed by atoms with Crippen LogP contribution in [0.5, 0.6) is 0 Å². The fraction of sp³-hybridized carbons (Fsp3) is 0.400. The van der Waals surface area contributed by atoms with Crippen LogP contribution in [0, 0.1) is 0 Å². The molecule has 1 heteroatoms. The van der Waals surface area contributed by atoms with Crippen molar-refractivity contribution in [3.05, 3.63) is 35.6 Å². The summed E-state index contributed by atoms with van der Waals surface area (Å²) in [6.45, 7) is 4.96. The molecular weight excluding hydrogens is 136 g/mol. The van der Waals surface area contributed by atoms with Crippen LogP contribution in [0.4, 0.5) is 0 Å². The molecule has 1 aliphatic rings. The molecular formula is C10H14O. The monoisotopic (exact) mass is 150 g/mol. The van der Waals surface area contributed by atoms with E-state index in [2.05, 4.69) is 6.92 Å². The molecule has 0 aromatic carbocycles.